The highest BCUT2D eigenvalue weighted by molar-refractivity contribution is 8.13. The van der Waals surface area contributed by atoms with E-state index in [0.29, 0.717) is 15.9 Å². The molecule has 0 aliphatic rings. The molecule has 0 saturated carbocycles. The van der Waals surface area contributed by atoms with Gasteiger partial charge in [-0.1, -0.05) is 92.1 Å². The number of rotatable bonds is 11. The molecule has 0 radical (unpaired) electrons. The molecule has 172 valence electrons. The number of unbranched alkanes of at least 4 members (excludes halogenated alkanes) is 2. The zero-order chi connectivity index (χ0) is 23.0. The number of thioether (sulfide) groups is 1. The van der Waals surface area contributed by atoms with Crippen LogP contribution in [-0.4, -0.2) is 29.5 Å². The van der Waals surface area contributed by atoms with Crippen molar-refractivity contribution in [1.29, 1.82) is 0 Å². The summed E-state index contributed by atoms with van der Waals surface area (Å²) < 4.78 is 34.0. The fraction of sp³-hybridized carbons (Fsp3) is 0.435. The molecule has 0 saturated heterocycles. The van der Waals surface area contributed by atoms with Crippen molar-refractivity contribution in [2.75, 3.05) is 11.5 Å². The Morgan fingerprint density at radius 3 is 1.97 bits per heavy atom. The van der Waals surface area contributed by atoms with Crippen molar-refractivity contribution >= 4 is 38.1 Å². The summed E-state index contributed by atoms with van der Waals surface area (Å²) in [7, 11) is -4.14. The first-order valence-electron chi connectivity index (χ1n) is 10.4. The predicted molar refractivity (Wildman–Crippen MR) is 133 cm³/mol. The van der Waals surface area contributed by atoms with E-state index >= 15 is 0 Å². The second-order valence-electron chi connectivity index (χ2n) is 6.87. The molecule has 0 aliphatic heterocycles. The highest BCUT2D eigenvalue weighted by Gasteiger charge is 2.17. The SMILES string of the molecule is C/C(=N/OS(=O)(=O)[O-])Sc1ccccc1.CCCC[S+](CCCC)Cc1ccccc1. The Balaban J connectivity index is 0.000000311. The molecule has 0 unspecified atom stereocenters. The summed E-state index contributed by atoms with van der Waals surface area (Å²) in [4.78, 5) is 0.880. The van der Waals surface area contributed by atoms with Crippen LogP contribution in [-0.2, 0) is 31.3 Å². The molecule has 0 bridgehead atoms. The third-order valence-corrected chi connectivity index (χ3v) is 7.66. The van der Waals surface area contributed by atoms with Crippen LogP contribution < -0.4 is 0 Å². The van der Waals surface area contributed by atoms with Crippen LogP contribution in [0.15, 0.2) is 70.7 Å². The number of nitrogens with zero attached hydrogens (tertiary/aromatic N) is 1. The fourth-order valence-corrected chi connectivity index (χ4v) is 6.04. The Kier molecular flexibility index (Phi) is 14.4. The molecule has 0 atom stereocenters. The second kappa shape index (κ2) is 16.2. The molecule has 0 spiro atoms. The van der Waals surface area contributed by atoms with Gasteiger partial charge in [-0.15, -0.1) is 0 Å². The summed E-state index contributed by atoms with van der Waals surface area (Å²) in [5.74, 6) is 4.18. The molecule has 5 nitrogen and oxygen atoms in total. The quantitative estimate of drug-likeness (QED) is 0.0745. The second-order valence-corrected chi connectivity index (χ2v) is 11.4. The van der Waals surface area contributed by atoms with Crippen molar-refractivity contribution in [3.05, 3.63) is 66.2 Å². The summed E-state index contributed by atoms with van der Waals surface area (Å²) in [5.41, 5.74) is 1.53. The van der Waals surface area contributed by atoms with E-state index in [9.17, 15) is 13.0 Å². The highest BCUT2D eigenvalue weighted by atomic mass is 32.3. The molecular formula is C23H33NO4S3. The lowest BCUT2D eigenvalue weighted by Gasteiger charge is -2.08. The van der Waals surface area contributed by atoms with E-state index in [1.165, 1.54) is 60.3 Å². The molecule has 2 rings (SSSR count). The Labute approximate surface area is 195 Å². The van der Waals surface area contributed by atoms with Crippen molar-refractivity contribution in [1.82, 2.24) is 0 Å². The van der Waals surface area contributed by atoms with Gasteiger partial charge in [-0.3, -0.25) is 4.28 Å². The minimum Gasteiger partial charge on any atom is -0.714 e. The van der Waals surface area contributed by atoms with Gasteiger partial charge in [0, 0.05) is 10.5 Å². The average Bonchev–Trinajstić information content (AvgIpc) is 2.75. The fourth-order valence-electron chi connectivity index (χ4n) is 2.53. The smallest absolute Gasteiger partial charge is 0.284 e. The van der Waals surface area contributed by atoms with Crippen LogP contribution in [0.2, 0.25) is 0 Å². The van der Waals surface area contributed by atoms with Crippen molar-refractivity contribution in [3.8, 4) is 0 Å². The number of oxime groups is 1. The molecule has 0 aromatic heterocycles. The maximum atomic E-state index is 10.1. The topological polar surface area (TPSA) is 78.8 Å². The molecule has 0 aliphatic carbocycles. The number of hydrogen-bond donors (Lipinski definition) is 0. The van der Waals surface area contributed by atoms with Crippen LogP contribution in [0.5, 0.6) is 0 Å². The van der Waals surface area contributed by atoms with Crippen molar-refractivity contribution in [2.45, 2.75) is 57.1 Å². The van der Waals surface area contributed by atoms with Crippen LogP contribution >= 0.6 is 11.8 Å². The van der Waals surface area contributed by atoms with E-state index in [4.69, 9.17) is 0 Å². The largest absolute Gasteiger partial charge is 0.714 e. The van der Waals surface area contributed by atoms with E-state index in [1.807, 2.05) is 30.3 Å². The van der Waals surface area contributed by atoms with Crippen LogP contribution in [0.25, 0.3) is 0 Å². The molecule has 31 heavy (non-hydrogen) atoms. The van der Waals surface area contributed by atoms with E-state index in [-0.39, 0.29) is 0 Å². The predicted octanol–water partition coefficient (Wildman–Crippen LogP) is 5.99. The van der Waals surface area contributed by atoms with Crippen molar-refractivity contribution in [3.63, 3.8) is 0 Å². The summed E-state index contributed by atoms with van der Waals surface area (Å²) in [6.45, 7) is 6.14. The van der Waals surface area contributed by atoms with Crippen molar-refractivity contribution in [2.24, 2.45) is 5.16 Å². The van der Waals surface area contributed by atoms with Crippen LogP contribution in [0.3, 0.4) is 0 Å². The van der Waals surface area contributed by atoms with Gasteiger partial charge in [-0.25, -0.2) is 0 Å². The minimum atomic E-state index is -4.76. The summed E-state index contributed by atoms with van der Waals surface area (Å²) >= 11 is 1.21. The van der Waals surface area contributed by atoms with E-state index < -0.39 is 10.4 Å². The first-order valence-corrected chi connectivity index (χ1v) is 14.3. The molecule has 2 aromatic carbocycles. The molecule has 2 aromatic rings. The maximum absolute atomic E-state index is 10.1. The lowest BCUT2D eigenvalue weighted by atomic mass is 10.2. The van der Waals surface area contributed by atoms with Crippen LogP contribution in [0, 0.1) is 0 Å². The van der Waals surface area contributed by atoms with Gasteiger partial charge in [0.1, 0.15) is 22.3 Å². The normalized spacial score (nSPS) is 11.7. The highest BCUT2D eigenvalue weighted by Crippen LogP contribution is 2.18. The van der Waals surface area contributed by atoms with Gasteiger partial charge < -0.3 is 4.55 Å². The van der Waals surface area contributed by atoms with E-state index in [1.54, 1.807) is 6.92 Å². The summed E-state index contributed by atoms with van der Waals surface area (Å²) in [6.07, 6.45) is 5.48. The molecule has 0 amide bonds. The summed E-state index contributed by atoms with van der Waals surface area (Å²) in [5, 5.41) is 3.50. The molecule has 0 N–H and O–H groups in total. The Hall–Kier alpha value is -1.48. The van der Waals surface area contributed by atoms with Crippen molar-refractivity contribution < 1.29 is 17.3 Å². The maximum Gasteiger partial charge on any atom is 0.284 e. The Bertz CT molecular complexity index is 836. The van der Waals surface area contributed by atoms with Gasteiger partial charge in [0.15, 0.2) is 0 Å². The van der Waals surface area contributed by atoms with Gasteiger partial charge in [0.05, 0.1) is 0 Å². The average molecular weight is 484 g/mol. The third kappa shape index (κ3) is 15.0. The number of benzene rings is 2. The first kappa shape index (κ1) is 27.6. The van der Waals surface area contributed by atoms with E-state index in [2.05, 4.69) is 53.6 Å². The molecular weight excluding hydrogens is 450 g/mol. The Morgan fingerprint density at radius 1 is 0.968 bits per heavy atom. The first-order chi connectivity index (χ1) is 14.8. The lowest BCUT2D eigenvalue weighted by Crippen LogP contribution is -2.14. The molecule has 0 heterocycles. The minimum absolute atomic E-state index is 0.334. The zero-order valence-electron chi connectivity index (χ0n) is 18.5. The van der Waals surface area contributed by atoms with Crippen LogP contribution in [0.1, 0.15) is 52.0 Å². The van der Waals surface area contributed by atoms with Gasteiger partial charge in [-0.05, 0) is 42.8 Å². The van der Waals surface area contributed by atoms with Gasteiger partial charge >= 0.3 is 0 Å². The molecule has 0 fully saturated rings. The lowest BCUT2D eigenvalue weighted by molar-refractivity contribution is 0.275. The zero-order valence-corrected chi connectivity index (χ0v) is 21.0. The van der Waals surface area contributed by atoms with Crippen LogP contribution in [0.4, 0.5) is 0 Å². The van der Waals surface area contributed by atoms with Gasteiger partial charge in [0.2, 0.25) is 0 Å². The third-order valence-electron chi connectivity index (χ3n) is 4.05. The summed E-state index contributed by atoms with van der Waals surface area (Å²) in [6, 6.07) is 20.2. The Morgan fingerprint density at radius 2 is 1.48 bits per heavy atom. The van der Waals surface area contributed by atoms with E-state index in [0.717, 1.165) is 4.90 Å². The van der Waals surface area contributed by atoms with Gasteiger partial charge in [0.25, 0.3) is 10.4 Å². The monoisotopic (exact) mass is 483 g/mol. The standard InChI is InChI=1S/C15H25S.C8H9NO4S2/c1-3-5-12-16(13-6-4-2)14-15-10-8-7-9-11-15;1-7(9-13-15(10,11)12)14-8-5-3-2-4-6-8/h7-11H,3-6,12-14H2,1-2H3;2-6H,1H3,(H,10,11,12)/q+1;/p-1/b;9-7-. The van der Waals surface area contributed by atoms with Gasteiger partial charge in [-0.2, -0.15) is 8.42 Å². The molecule has 8 heteroatoms. The number of hydrogen-bond acceptors (Lipinski definition) is 6.